The van der Waals surface area contributed by atoms with E-state index in [2.05, 4.69) is 20.2 Å². The lowest BCUT2D eigenvalue weighted by Crippen LogP contribution is -2.41. The van der Waals surface area contributed by atoms with E-state index in [4.69, 9.17) is 0 Å². The quantitative estimate of drug-likeness (QED) is 0.876. The van der Waals surface area contributed by atoms with Gasteiger partial charge in [0.2, 0.25) is 5.91 Å². The third kappa shape index (κ3) is 2.80. The molecule has 2 aliphatic rings. The molecule has 0 saturated carbocycles. The van der Waals surface area contributed by atoms with Gasteiger partial charge in [0.1, 0.15) is 5.82 Å². The first-order valence-corrected chi connectivity index (χ1v) is 8.90. The van der Waals surface area contributed by atoms with E-state index in [9.17, 15) is 9.59 Å². The van der Waals surface area contributed by atoms with Gasteiger partial charge in [0.25, 0.3) is 5.91 Å². The van der Waals surface area contributed by atoms with Crippen molar-refractivity contribution < 1.29 is 9.59 Å². The minimum absolute atomic E-state index is 0.0232. The highest BCUT2D eigenvalue weighted by molar-refractivity contribution is 8.00. The second-order valence-electron chi connectivity index (χ2n) is 6.17. The predicted octanol–water partition coefficient (Wildman–Crippen LogP) is 2.06. The number of fused-ring (bicyclic) bond motifs is 2. The largest absolute Gasteiger partial charge is 0.347 e. The Morgan fingerprint density at radius 1 is 1.46 bits per heavy atom. The van der Waals surface area contributed by atoms with Crippen LogP contribution in [0, 0.1) is 0 Å². The molecule has 0 aliphatic carbocycles. The van der Waals surface area contributed by atoms with Crippen LogP contribution in [0.15, 0.2) is 35.5 Å². The lowest BCUT2D eigenvalue weighted by Gasteiger charge is -2.25. The maximum absolute atomic E-state index is 12.5. The van der Waals surface area contributed by atoms with Crippen LogP contribution in [-0.2, 0) is 17.8 Å². The molecule has 2 atom stereocenters. The Morgan fingerprint density at radius 2 is 2.33 bits per heavy atom. The number of nitrogens with zero attached hydrogens (tertiary/aromatic N) is 2. The van der Waals surface area contributed by atoms with Crippen molar-refractivity contribution in [2.75, 3.05) is 5.32 Å². The first kappa shape index (κ1) is 15.3. The summed E-state index contributed by atoms with van der Waals surface area (Å²) in [7, 11) is 0. The number of rotatable bonds is 2. The number of carbonyl (C=O) groups excluding carboxylic acids is 2. The molecule has 0 bridgehead atoms. The fraction of sp³-hybridized carbons (Fsp3) is 0.353. The van der Waals surface area contributed by atoms with Gasteiger partial charge < -0.3 is 15.2 Å². The summed E-state index contributed by atoms with van der Waals surface area (Å²) in [5.74, 6) is 0.942. The van der Waals surface area contributed by atoms with Gasteiger partial charge in [-0.2, -0.15) is 0 Å². The van der Waals surface area contributed by atoms with Gasteiger partial charge in [-0.15, -0.1) is 11.8 Å². The van der Waals surface area contributed by atoms with E-state index in [-0.39, 0.29) is 23.1 Å². The average molecular weight is 342 g/mol. The van der Waals surface area contributed by atoms with E-state index in [1.807, 2.05) is 25.3 Å². The molecule has 0 spiro atoms. The van der Waals surface area contributed by atoms with Crippen LogP contribution in [0.1, 0.15) is 29.5 Å². The molecule has 1 aromatic heterocycles. The molecule has 2 amide bonds. The Morgan fingerprint density at radius 3 is 3.21 bits per heavy atom. The van der Waals surface area contributed by atoms with Crippen LogP contribution < -0.4 is 10.6 Å². The fourth-order valence-electron chi connectivity index (χ4n) is 3.10. The summed E-state index contributed by atoms with van der Waals surface area (Å²) in [6, 6.07) is 5.57. The third-order valence-electron chi connectivity index (χ3n) is 4.44. The van der Waals surface area contributed by atoms with E-state index in [1.165, 1.54) is 11.8 Å². The Hall–Kier alpha value is -2.28. The van der Waals surface area contributed by atoms with Gasteiger partial charge in [0.05, 0.1) is 10.9 Å². The summed E-state index contributed by atoms with van der Waals surface area (Å²) >= 11 is 1.52. The van der Waals surface area contributed by atoms with Gasteiger partial charge in [-0.25, -0.2) is 4.98 Å². The number of hydrogen-bond acceptors (Lipinski definition) is 4. The lowest BCUT2D eigenvalue weighted by molar-refractivity contribution is -0.115. The summed E-state index contributed by atoms with van der Waals surface area (Å²) < 4.78 is 2.08. The second-order valence-corrected chi connectivity index (χ2v) is 7.55. The molecule has 3 heterocycles. The number of hydrogen-bond donors (Lipinski definition) is 2. The van der Waals surface area contributed by atoms with Crippen LogP contribution >= 0.6 is 11.8 Å². The maximum atomic E-state index is 12.5. The number of nitrogens with one attached hydrogen (secondary N) is 2. The molecular weight excluding hydrogens is 324 g/mol. The second kappa shape index (κ2) is 5.98. The standard InChI is InChI=1S/C17H18N4O2S/c1-10-16(22)20-13-8-11(2-4-14(13)24-10)17(23)19-12-3-5-15-18-6-7-21(15)9-12/h2,4,6-8,10,12H,3,5,9H2,1H3,(H,19,23)(H,20,22). The summed E-state index contributed by atoms with van der Waals surface area (Å²) in [6.45, 7) is 2.62. The molecule has 2 unspecified atom stereocenters. The summed E-state index contributed by atoms with van der Waals surface area (Å²) in [5.41, 5.74) is 1.29. The highest BCUT2D eigenvalue weighted by Crippen LogP contribution is 2.35. The minimum atomic E-state index is -0.108. The van der Waals surface area contributed by atoms with E-state index in [1.54, 1.807) is 12.3 Å². The molecule has 1 aromatic carbocycles. The van der Waals surface area contributed by atoms with Crippen molar-refractivity contribution in [2.45, 2.75) is 42.5 Å². The van der Waals surface area contributed by atoms with Crippen LogP contribution in [0.3, 0.4) is 0 Å². The number of carbonyl (C=O) groups is 2. The molecule has 124 valence electrons. The van der Waals surface area contributed by atoms with Crippen LogP contribution in [-0.4, -0.2) is 32.7 Å². The number of aromatic nitrogens is 2. The molecule has 2 aromatic rings. The monoisotopic (exact) mass is 342 g/mol. The van der Waals surface area contributed by atoms with Gasteiger partial charge in [-0.05, 0) is 31.5 Å². The van der Waals surface area contributed by atoms with Crippen molar-refractivity contribution >= 4 is 29.3 Å². The predicted molar refractivity (Wildman–Crippen MR) is 92.2 cm³/mol. The maximum Gasteiger partial charge on any atom is 0.251 e. The zero-order chi connectivity index (χ0) is 16.7. The minimum Gasteiger partial charge on any atom is -0.347 e. The van der Waals surface area contributed by atoms with Gasteiger partial charge in [-0.1, -0.05) is 0 Å². The third-order valence-corrected chi connectivity index (χ3v) is 5.62. The van der Waals surface area contributed by atoms with Crippen molar-refractivity contribution in [3.05, 3.63) is 42.0 Å². The SMILES string of the molecule is CC1Sc2ccc(C(=O)NC3CCc4nccn4C3)cc2NC1=O. The molecule has 2 N–H and O–H groups in total. The van der Waals surface area contributed by atoms with Crippen molar-refractivity contribution in [3.63, 3.8) is 0 Å². The zero-order valence-electron chi connectivity index (χ0n) is 13.3. The van der Waals surface area contributed by atoms with Gasteiger partial charge >= 0.3 is 0 Å². The Bertz CT molecular complexity index is 817. The first-order valence-electron chi connectivity index (χ1n) is 8.02. The van der Waals surface area contributed by atoms with Crippen LogP contribution in [0.4, 0.5) is 5.69 Å². The molecule has 4 rings (SSSR count). The van der Waals surface area contributed by atoms with E-state index >= 15 is 0 Å². The molecular formula is C17H18N4O2S. The van der Waals surface area contributed by atoms with Crippen molar-refractivity contribution in [3.8, 4) is 0 Å². The molecule has 24 heavy (non-hydrogen) atoms. The highest BCUT2D eigenvalue weighted by Gasteiger charge is 2.25. The van der Waals surface area contributed by atoms with Crippen LogP contribution in [0.5, 0.6) is 0 Å². The number of anilines is 1. The molecule has 6 nitrogen and oxygen atoms in total. The number of benzene rings is 1. The average Bonchev–Trinajstić information content (AvgIpc) is 3.03. The molecule has 2 aliphatic heterocycles. The normalized spacial score (nSPS) is 22.3. The van der Waals surface area contributed by atoms with Crippen LogP contribution in [0.25, 0.3) is 0 Å². The van der Waals surface area contributed by atoms with Gasteiger partial charge in [0.15, 0.2) is 0 Å². The first-order chi connectivity index (χ1) is 11.6. The summed E-state index contributed by atoms with van der Waals surface area (Å²) in [6.07, 6.45) is 5.50. The Labute approximate surface area is 144 Å². The van der Waals surface area contributed by atoms with E-state index in [0.29, 0.717) is 5.56 Å². The van der Waals surface area contributed by atoms with E-state index < -0.39 is 0 Å². The van der Waals surface area contributed by atoms with Crippen LogP contribution in [0.2, 0.25) is 0 Å². The number of imidazole rings is 1. The lowest BCUT2D eigenvalue weighted by atomic mass is 10.1. The number of amides is 2. The highest BCUT2D eigenvalue weighted by atomic mass is 32.2. The van der Waals surface area contributed by atoms with Crippen molar-refractivity contribution in [1.29, 1.82) is 0 Å². The van der Waals surface area contributed by atoms with Gasteiger partial charge in [0, 0.05) is 41.9 Å². The smallest absolute Gasteiger partial charge is 0.251 e. The number of thioether (sulfide) groups is 1. The Balaban J connectivity index is 1.47. The van der Waals surface area contributed by atoms with Crippen molar-refractivity contribution in [2.24, 2.45) is 0 Å². The zero-order valence-corrected chi connectivity index (χ0v) is 14.1. The fourth-order valence-corrected chi connectivity index (χ4v) is 4.03. The van der Waals surface area contributed by atoms with E-state index in [0.717, 1.165) is 35.8 Å². The summed E-state index contributed by atoms with van der Waals surface area (Å²) in [4.78, 5) is 29.6. The Kier molecular flexibility index (Phi) is 3.80. The van der Waals surface area contributed by atoms with Crippen molar-refractivity contribution in [1.82, 2.24) is 14.9 Å². The molecule has 0 fully saturated rings. The van der Waals surface area contributed by atoms with Gasteiger partial charge in [-0.3, -0.25) is 9.59 Å². The number of aryl methyl sites for hydroxylation is 1. The molecule has 0 radical (unpaired) electrons. The summed E-state index contributed by atoms with van der Waals surface area (Å²) in [5, 5.41) is 5.84. The topological polar surface area (TPSA) is 76.0 Å². The molecule has 7 heteroatoms. The molecule has 0 saturated heterocycles.